The van der Waals surface area contributed by atoms with Gasteiger partial charge in [0, 0.05) is 49.0 Å². The summed E-state index contributed by atoms with van der Waals surface area (Å²) in [5, 5.41) is 13.9. The maximum atomic E-state index is 15.2. The summed E-state index contributed by atoms with van der Waals surface area (Å²) in [5.74, 6) is -3.37. The predicted octanol–water partition coefficient (Wildman–Crippen LogP) is 5.42. The molecule has 6 atom stereocenters. The number of fused-ring (bicyclic) bond motifs is 5. The summed E-state index contributed by atoms with van der Waals surface area (Å²) in [6.45, 7) is 10.2. The predicted molar refractivity (Wildman–Crippen MR) is 235 cm³/mol. The van der Waals surface area contributed by atoms with E-state index < -0.39 is 91.4 Å². The number of morpholine rings is 1. The van der Waals surface area contributed by atoms with Crippen LogP contribution in [-0.2, 0) is 41.7 Å². The second kappa shape index (κ2) is 18.1. The Hall–Kier alpha value is -4.69. The molecule has 0 bridgehead atoms. The first-order valence-electron chi connectivity index (χ1n) is 23.2. The molecule has 2 saturated carbocycles. The maximum absolute atomic E-state index is 15.2. The third-order valence-electron chi connectivity index (χ3n) is 14.8. The highest BCUT2D eigenvalue weighted by Crippen LogP contribution is 2.51. The van der Waals surface area contributed by atoms with Crippen LogP contribution in [0.15, 0.2) is 30.4 Å². The van der Waals surface area contributed by atoms with Gasteiger partial charge in [-0.2, -0.15) is 13.2 Å². The van der Waals surface area contributed by atoms with Crippen LogP contribution in [-0.4, -0.2) is 137 Å². The molecule has 2 saturated heterocycles. The van der Waals surface area contributed by atoms with Crippen LogP contribution in [0.25, 0.3) is 10.9 Å². The lowest BCUT2D eigenvalue weighted by atomic mass is 9.87. The number of carboxylic acid groups (broad SMARTS) is 1. The van der Waals surface area contributed by atoms with E-state index in [1.54, 1.807) is 25.1 Å². The molecule has 5 heterocycles. The summed E-state index contributed by atoms with van der Waals surface area (Å²) >= 11 is 0. The zero-order valence-electron chi connectivity index (χ0n) is 38.0. The number of pyridine rings is 1. The van der Waals surface area contributed by atoms with Gasteiger partial charge in [0.25, 0.3) is 5.91 Å². The Morgan fingerprint density at radius 2 is 1.83 bits per heavy atom. The Kier molecular flexibility index (Phi) is 13.1. The molecule has 4 amide bonds. The number of alkyl halides is 3. The molecule has 1 aromatic heterocycles. The van der Waals surface area contributed by atoms with Crippen molar-refractivity contribution >= 4 is 44.7 Å². The van der Waals surface area contributed by atoms with Crippen LogP contribution in [0.2, 0.25) is 0 Å². The minimum absolute atomic E-state index is 0.0376. The van der Waals surface area contributed by atoms with Gasteiger partial charge in [0.05, 0.1) is 30.0 Å². The van der Waals surface area contributed by atoms with Crippen LogP contribution in [0, 0.1) is 11.8 Å². The van der Waals surface area contributed by atoms with Gasteiger partial charge in [-0.3, -0.25) is 28.9 Å². The fourth-order valence-electron chi connectivity index (χ4n) is 9.93. The lowest BCUT2D eigenvalue weighted by Crippen LogP contribution is -2.60. The van der Waals surface area contributed by atoms with Crippen LogP contribution in [0.3, 0.4) is 0 Å². The average Bonchev–Trinajstić information content (AvgIpc) is 4.16. The van der Waals surface area contributed by atoms with Crippen LogP contribution >= 0.6 is 0 Å². The van der Waals surface area contributed by atoms with Crippen molar-refractivity contribution in [1.82, 2.24) is 29.7 Å². The number of benzene rings is 1. The summed E-state index contributed by atoms with van der Waals surface area (Å²) in [5.41, 5.74) is -4.22. The monoisotopic (exact) mass is 946 g/mol. The first-order valence-corrected chi connectivity index (χ1v) is 24.7. The van der Waals surface area contributed by atoms with Gasteiger partial charge in [0.15, 0.2) is 11.4 Å². The van der Waals surface area contributed by atoms with Gasteiger partial charge >= 0.3 is 12.3 Å². The number of halogens is 3. The Labute approximate surface area is 383 Å². The highest BCUT2D eigenvalue weighted by atomic mass is 32.2. The molecular formula is C46H61F3N6O10S. The van der Waals surface area contributed by atoms with Crippen molar-refractivity contribution in [2.24, 2.45) is 11.8 Å². The van der Waals surface area contributed by atoms with Crippen LogP contribution < -0.4 is 19.5 Å². The number of nitrogens with one attached hydrogen (secondary N) is 2. The smallest absolute Gasteiger partial charge is 0.437 e. The number of aryl methyl sites for hydroxylation is 1. The number of ether oxygens (including phenoxy) is 3. The first kappa shape index (κ1) is 47.8. The average molecular weight is 947 g/mol. The third-order valence-corrected chi connectivity index (χ3v) is 16.9. The van der Waals surface area contributed by atoms with Crippen molar-refractivity contribution < 1.29 is 60.1 Å². The van der Waals surface area contributed by atoms with E-state index in [0.717, 1.165) is 18.0 Å². The largest absolute Gasteiger partial charge is 0.492 e. The molecule has 2 aromatic rings. The van der Waals surface area contributed by atoms with Gasteiger partial charge in [-0.1, -0.05) is 38.8 Å². The molecule has 4 fully saturated rings. The number of aromatic nitrogens is 1. The van der Waals surface area contributed by atoms with Gasteiger partial charge in [0.2, 0.25) is 21.8 Å². The molecule has 362 valence electrons. The first-order chi connectivity index (χ1) is 31.2. The van der Waals surface area contributed by atoms with E-state index in [1.807, 2.05) is 19.9 Å². The number of sulfonamides is 1. The highest BCUT2D eigenvalue weighted by Gasteiger charge is 2.64. The van der Waals surface area contributed by atoms with Crippen LogP contribution in [0.1, 0.15) is 103 Å². The van der Waals surface area contributed by atoms with E-state index in [9.17, 15) is 27.9 Å². The fraction of sp³-hybridized carbons (Fsp3) is 0.674. The molecule has 66 heavy (non-hydrogen) atoms. The molecule has 0 unspecified atom stereocenters. The number of hydrogen-bond donors (Lipinski definition) is 3. The lowest BCUT2D eigenvalue weighted by molar-refractivity contribution is -0.145. The quantitative estimate of drug-likeness (QED) is 0.257. The van der Waals surface area contributed by atoms with E-state index in [-0.39, 0.29) is 55.6 Å². The fourth-order valence-corrected chi connectivity index (χ4v) is 11.2. The molecule has 1 spiro atoms. The summed E-state index contributed by atoms with van der Waals surface area (Å²) in [4.78, 5) is 65.8. The summed E-state index contributed by atoms with van der Waals surface area (Å²) in [7, 11) is -4.12. The van der Waals surface area contributed by atoms with Gasteiger partial charge < -0.3 is 29.5 Å². The van der Waals surface area contributed by atoms with Gasteiger partial charge in [0.1, 0.15) is 35.6 Å². The highest BCUT2D eigenvalue weighted by molar-refractivity contribution is 7.91. The van der Waals surface area contributed by atoms with Crippen LogP contribution in [0.5, 0.6) is 11.5 Å². The van der Waals surface area contributed by atoms with Crippen molar-refractivity contribution in [3.05, 3.63) is 41.6 Å². The molecule has 16 nitrogen and oxygen atoms in total. The molecule has 4 aliphatic heterocycles. The number of rotatable bonds is 10. The van der Waals surface area contributed by atoms with Crippen molar-refractivity contribution in [1.29, 1.82) is 0 Å². The maximum Gasteiger partial charge on any atom is 0.437 e. The summed E-state index contributed by atoms with van der Waals surface area (Å²) < 4.78 is 90.9. The normalized spacial score (nSPS) is 29.0. The zero-order chi connectivity index (χ0) is 47.4. The number of nitrogens with zero attached hydrogens (tertiary/aromatic N) is 4. The molecule has 0 radical (unpaired) electrons. The minimum Gasteiger partial charge on any atom is -0.492 e. The SMILES string of the molecule is CC(C)[C@H](C)N(C(=O)O)[C@H]1CCCCC/C=C\[C@@H]2C[C@@]2(C(=O)NS(=O)(=O)C2(C)CC2)NC(=O)[C@@H]2C[C@]3(CCc4c(c(C(F)(F)F)nc5ccc(OCCN6CCOCC6)cc45)O3)CN2C1=O. The molecular weight excluding hydrogens is 886 g/mol. The molecule has 1 aromatic carbocycles. The van der Waals surface area contributed by atoms with Crippen molar-refractivity contribution in [2.45, 2.75) is 139 Å². The van der Waals surface area contributed by atoms with Gasteiger partial charge in [-0.15, -0.1) is 0 Å². The number of carbonyl (C=O) groups is 4. The molecule has 2 aliphatic carbocycles. The topological polar surface area (TPSA) is 197 Å². The number of allylic oxidation sites excluding steroid dienone is 1. The number of amides is 4. The van der Waals surface area contributed by atoms with E-state index in [0.29, 0.717) is 76.0 Å². The van der Waals surface area contributed by atoms with E-state index in [2.05, 4.69) is 19.9 Å². The zero-order valence-corrected chi connectivity index (χ0v) is 38.8. The number of hydrogen-bond acceptors (Lipinski definition) is 11. The van der Waals surface area contributed by atoms with Gasteiger partial charge in [-0.25, -0.2) is 18.2 Å². The van der Waals surface area contributed by atoms with E-state index in [4.69, 9.17) is 14.2 Å². The Morgan fingerprint density at radius 3 is 2.52 bits per heavy atom. The van der Waals surface area contributed by atoms with Crippen molar-refractivity contribution in [3.63, 3.8) is 0 Å². The standard InChI is InChI=1S/C46H61F3N6O10S/c1-28(2)29(3)55(42(59)60)35-11-9-7-5-6-8-10-30-25-45(30,41(58)52-66(61,62)43(4)16-17-43)51-39(56)36-26-44(27-54(36)40(35)57)15-14-32-33-24-31(64-23-20-53-18-21-63-22-19-53)12-13-34(33)50-38(37(32)65-44)46(47,48)49/h8,10,12-13,24,28-30,35-36H,5-7,9,11,14-23,25-27H2,1-4H3,(H,51,56)(H,52,58)(H,59,60)/b10-8-/t29-,30+,35-,36-,44+,45+/m0/s1. The van der Waals surface area contributed by atoms with Gasteiger partial charge in [-0.05, 0) is 89.3 Å². The second-order valence-corrected chi connectivity index (χ2v) is 21.8. The third kappa shape index (κ3) is 9.42. The summed E-state index contributed by atoms with van der Waals surface area (Å²) in [6.07, 6.45) is 0.377. The van der Waals surface area contributed by atoms with Crippen molar-refractivity contribution in [3.8, 4) is 11.5 Å². The lowest BCUT2D eigenvalue weighted by Gasteiger charge is -2.39. The minimum atomic E-state index is -4.97. The van der Waals surface area contributed by atoms with E-state index >= 15 is 18.0 Å². The number of carbonyl (C=O) groups excluding carboxylic acids is 3. The second-order valence-electron chi connectivity index (χ2n) is 19.6. The Bertz CT molecular complexity index is 2370. The van der Waals surface area contributed by atoms with E-state index in [1.165, 1.54) is 17.9 Å². The Morgan fingerprint density at radius 1 is 1.09 bits per heavy atom. The molecule has 20 heteroatoms. The van der Waals surface area contributed by atoms with Crippen LogP contribution in [0.4, 0.5) is 18.0 Å². The Balaban J connectivity index is 1.16. The molecule has 3 N–H and O–H groups in total. The van der Waals surface area contributed by atoms with Crippen molar-refractivity contribution in [2.75, 3.05) is 46.0 Å². The summed E-state index contributed by atoms with van der Waals surface area (Å²) in [6, 6.07) is 1.34. The molecule has 6 aliphatic rings. The molecule has 8 rings (SSSR count).